The van der Waals surface area contributed by atoms with Crippen LogP contribution in [0.15, 0.2) is 42.5 Å². The topological polar surface area (TPSA) is 67.8 Å². The molecule has 3 aliphatic heterocycles. The number of hydrogen-bond donors (Lipinski definition) is 2. The van der Waals surface area contributed by atoms with Gasteiger partial charge in [-0.15, -0.1) is 0 Å². The van der Waals surface area contributed by atoms with Crippen molar-refractivity contribution in [1.29, 1.82) is 0 Å². The van der Waals surface area contributed by atoms with Crippen LogP contribution >= 0.6 is 11.6 Å². The molecule has 0 radical (unpaired) electrons. The maximum absolute atomic E-state index is 16.5. The van der Waals surface area contributed by atoms with E-state index in [0.29, 0.717) is 35.0 Å². The van der Waals surface area contributed by atoms with Crippen molar-refractivity contribution in [3.8, 4) is 16.9 Å². The van der Waals surface area contributed by atoms with Gasteiger partial charge in [0.25, 0.3) is 0 Å². The third-order valence-corrected chi connectivity index (χ3v) is 8.67. The van der Waals surface area contributed by atoms with Gasteiger partial charge in [0.15, 0.2) is 5.82 Å². The molecule has 3 fully saturated rings. The Bertz CT molecular complexity index is 1560. The largest absolute Gasteiger partial charge is 0.507 e. The van der Waals surface area contributed by atoms with E-state index in [2.05, 4.69) is 34.1 Å². The molecule has 196 valence electrons. The molecule has 0 spiro atoms. The first-order valence-corrected chi connectivity index (χ1v) is 13.6. The lowest BCUT2D eigenvalue weighted by Gasteiger charge is -2.43. The lowest BCUT2D eigenvalue weighted by atomic mass is 9.98. The molecule has 0 saturated carbocycles. The van der Waals surface area contributed by atoms with Crippen LogP contribution in [-0.2, 0) is 0 Å². The van der Waals surface area contributed by atoms with E-state index in [1.54, 1.807) is 18.2 Å². The first kappa shape index (κ1) is 23.9. The van der Waals surface area contributed by atoms with E-state index in [4.69, 9.17) is 21.6 Å². The Morgan fingerprint density at radius 1 is 0.974 bits per heavy atom. The van der Waals surface area contributed by atoms with Crippen molar-refractivity contribution in [2.75, 3.05) is 50.1 Å². The number of aromatic hydroxyl groups is 1. The zero-order valence-electron chi connectivity index (χ0n) is 21.5. The van der Waals surface area contributed by atoms with Crippen LogP contribution in [0.2, 0.25) is 5.02 Å². The minimum atomic E-state index is -0.536. The van der Waals surface area contributed by atoms with E-state index in [0.717, 1.165) is 55.6 Å². The second-order valence-electron chi connectivity index (χ2n) is 11.1. The minimum Gasteiger partial charge on any atom is -0.507 e. The number of halogens is 2. The molecule has 1 aromatic heterocycles. The summed E-state index contributed by atoms with van der Waals surface area (Å²) in [6.07, 6.45) is 2.27. The van der Waals surface area contributed by atoms with E-state index in [9.17, 15) is 5.11 Å². The first-order valence-electron chi connectivity index (χ1n) is 13.2. The highest BCUT2D eigenvalue weighted by Gasteiger charge is 2.36. The number of nitrogens with zero attached hydrogens (tertiary/aromatic N) is 5. The number of piperazine rings is 1. The van der Waals surface area contributed by atoms with Gasteiger partial charge in [-0.3, -0.25) is 0 Å². The van der Waals surface area contributed by atoms with E-state index >= 15 is 4.39 Å². The smallest absolute Gasteiger partial charge is 0.228 e. The monoisotopic (exact) mass is 532 g/mol. The summed E-state index contributed by atoms with van der Waals surface area (Å²) in [5.41, 5.74) is 0.746. The van der Waals surface area contributed by atoms with Crippen LogP contribution in [0.1, 0.15) is 12.8 Å². The number of hydrogen-bond acceptors (Lipinski definition) is 7. The molecule has 7 rings (SSSR count). The summed E-state index contributed by atoms with van der Waals surface area (Å²) in [6, 6.07) is 14.1. The number of benzene rings is 3. The number of aromatic nitrogens is 2. The van der Waals surface area contributed by atoms with Crippen LogP contribution in [-0.4, -0.2) is 78.4 Å². The van der Waals surface area contributed by atoms with Crippen LogP contribution in [0.4, 0.5) is 16.2 Å². The molecule has 9 heteroatoms. The molecule has 3 saturated heterocycles. The molecule has 7 nitrogen and oxygen atoms in total. The Morgan fingerprint density at radius 3 is 2.34 bits per heavy atom. The molecule has 0 aliphatic carbocycles. The molecule has 4 heterocycles. The average Bonchev–Trinajstić information content (AvgIpc) is 3.20. The van der Waals surface area contributed by atoms with E-state index in [1.807, 2.05) is 24.3 Å². The van der Waals surface area contributed by atoms with Crippen molar-refractivity contribution in [1.82, 2.24) is 20.2 Å². The third kappa shape index (κ3) is 3.85. The number of phenolic OH excluding ortho intramolecular Hbond substituents is 1. The number of rotatable bonds is 4. The Kier molecular flexibility index (Phi) is 5.61. The van der Waals surface area contributed by atoms with Gasteiger partial charge in [0, 0.05) is 60.8 Å². The summed E-state index contributed by atoms with van der Waals surface area (Å²) in [6.45, 7) is 3.21. The zero-order chi connectivity index (χ0) is 26.1. The molecular weight excluding hydrogens is 503 g/mol. The van der Waals surface area contributed by atoms with Gasteiger partial charge in [0.05, 0.1) is 5.02 Å². The summed E-state index contributed by atoms with van der Waals surface area (Å²) < 4.78 is 16.5. The molecule has 38 heavy (non-hydrogen) atoms. The fourth-order valence-electron chi connectivity index (χ4n) is 6.14. The first-order chi connectivity index (χ1) is 18.4. The molecule has 2 bridgehead atoms. The fraction of sp³-hybridized carbons (Fsp3) is 0.379. The SMILES string of the molecule is CN(C)C1CN(c2nc(N3C[C@H]4CC[C@@H](C3)N4)c3cc(Cl)c(-c4cc5ccccc5cc4O)c(F)c3n2)C1. The maximum Gasteiger partial charge on any atom is 0.228 e. The molecule has 4 aromatic rings. The van der Waals surface area contributed by atoms with Gasteiger partial charge in [-0.05, 0) is 55.9 Å². The Labute approximate surface area is 225 Å². The summed E-state index contributed by atoms with van der Waals surface area (Å²) >= 11 is 6.79. The van der Waals surface area contributed by atoms with Crippen molar-refractivity contribution in [2.45, 2.75) is 31.0 Å². The summed E-state index contributed by atoms with van der Waals surface area (Å²) in [5, 5.41) is 17.2. The molecule has 2 atom stereocenters. The second kappa shape index (κ2) is 8.93. The third-order valence-electron chi connectivity index (χ3n) is 8.38. The average molecular weight is 533 g/mol. The quantitative estimate of drug-likeness (QED) is 0.397. The van der Waals surface area contributed by atoms with Crippen LogP contribution in [0.25, 0.3) is 32.8 Å². The summed E-state index contributed by atoms with van der Waals surface area (Å²) in [4.78, 5) is 16.3. The molecule has 0 unspecified atom stereocenters. The Hall–Kier alpha value is -3.20. The van der Waals surface area contributed by atoms with Crippen LogP contribution in [0.5, 0.6) is 5.75 Å². The highest BCUT2D eigenvalue weighted by atomic mass is 35.5. The lowest BCUT2D eigenvalue weighted by molar-refractivity contribution is 0.245. The predicted molar refractivity (Wildman–Crippen MR) is 151 cm³/mol. The van der Waals surface area contributed by atoms with Crippen molar-refractivity contribution in [2.24, 2.45) is 0 Å². The summed E-state index contributed by atoms with van der Waals surface area (Å²) in [7, 11) is 4.13. The Morgan fingerprint density at radius 2 is 1.66 bits per heavy atom. The van der Waals surface area contributed by atoms with Gasteiger partial charge in [-0.25, -0.2) is 9.37 Å². The number of phenols is 1. The van der Waals surface area contributed by atoms with E-state index < -0.39 is 5.82 Å². The number of anilines is 2. The Balaban J connectivity index is 1.41. The van der Waals surface area contributed by atoms with E-state index in [-0.39, 0.29) is 21.9 Å². The van der Waals surface area contributed by atoms with Crippen molar-refractivity contribution < 1.29 is 9.50 Å². The molecular formula is C29H30ClFN6O. The molecule has 3 aromatic carbocycles. The van der Waals surface area contributed by atoms with Gasteiger partial charge in [-0.1, -0.05) is 35.9 Å². The molecule has 3 aliphatic rings. The number of nitrogens with one attached hydrogen (secondary N) is 1. The highest BCUT2D eigenvalue weighted by Crippen LogP contribution is 2.43. The molecule has 0 amide bonds. The van der Waals surface area contributed by atoms with Crippen molar-refractivity contribution in [3.05, 3.63) is 53.3 Å². The van der Waals surface area contributed by atoms with Crippen LogP contribution < -0.4 is 15.1 Å². The second-order valence-corrected chi connectivity index (χ2v) is 11.5. The standard InChI is InChI=1S/C29H30ClFN6O/c1-35(2)20-14-37(15-20)29-33-27-22(28(34-29)36-12-18-7-8-19(13-36)32-18)11-23(30)25(26(27)31)21-9-16-5-3-4-6-17(16)10-24(21)38/h3-6,9-11,18-20,32,38H,7-8,12-15H2,1-2H3/t18-,19+. The minimum absolute atomic E-state index is 0.0198. The van der Waals surface area contributed by atoms with E-state index in [1.165, 1.54) is 0 Å². The number of likely N-dealkylation sites (N-methyl/N-ethyl adjacent to an activating group) is 1. The lowest BCUT2D eigenvalue weighted by Crippen LogP contribution is -2.58. The predicted octanol–water partition coefficient (Wildman–Crippen LogP) is 4.64. The molecule has 2 N–H and O–H groups in total. The van der Waals surface area contributed by atoms with Crippen molar-refractivity contribution in [3.63, 3.8) is 0 Å². The van der Waals surface area contributed by atoms with Gasteiger partial charge in [0.1, 0.15) is 17.1 Å². The van der Waals surface area contributed by atoms with Gasteiger partial charge >= 0.3 is 0 Å². The summed E-state index contributed by atoms with van der Waals surface area (Å²) in [5.74, 6) is 0.706. The van der Waals surface area contributed by atoms with Gasteiger partial charge in [0.2, 0.25) is 5.95 Å². The fourth-order valence-corrected chi connectivity index (χ4v) is 6.44. The van der Waals surface area contributed by atoms with Crippen molar-refractivity contribution >= 4 is 45.0 Å². The number of fused-ring (bicyclic) bond motifs is 4. The highest BCUT2D eigenvalue weighted by molar-refractivity contribution is 6.34. The van der Waals surface area contributed by atoms with Gasteiger partial charge < -0.3 is 25.1 Å². The van der Waals surface area contributed by atoms with Crippen LogP contribution in [0, 0.1) is 5.82 Å². The zero-order valence-corrected chi connectivity index (χ0v) is 22.2. The van der Waals surface area contributed by atoms with Crippen LogP contribution in [0.3, 0.4) is 0 Å². The maximum atomic E-state index is 16.5. The van der Waals surface area contributed by atoms with Gasteiger partial charge in [-0.2, -0.15) is 4.98 Å². The normalized spacial score (nSPS) is 21.6.